The molecule has 0 atom stereocenters. The third-order valence-corrected chi connectivity index (χ3v) is 0.685. The second kappa shape index (κ2) is 5.11. The Morgan fingerprint density at radius 1 is 1.67 bits per heavy atom. The van der Waals surface area contributed by atoms with Crippen LogP contribution in [-0.4, -0.2) is 5.78 Å². The summed E-state index contributed by atoms with van der Waals surface area (Å²) in [4.78, 5) is 10.2. The Morgan fingerprint density at radius 2 is 2.33 bits per heavy atom. The molecule has 0 aromatic rings. The van der Waals surface area contributed by atoms with Crippen molar-refractivity contribution in [3.8, 4) is 11.8 Å². The van der Waals surface area contributed by atoms with E-state index in [4.69, 9.17) is 0 Å². The fourth-order valence-electron chi connectivity index (χ4n) is 0.320. The molecule has 0 N–H and O–H groups in total. The van der Waals surface area contributed by atoms with Gasteiger partial charge in [-0.2, -0.15) is 0 Å². The lowest BCUT2D eigenvalue weighted by molar-refractivity contribution is -0.111. The molecule has 0 amide bonds. The van der Waals surface area contributed by atoms with Gasteiger partial charge in [-0.25, -0.2) is 0 Å². The third-order valence-electron chi connectivity index (χ3n) is 0.685. The average molecular weight is 122 g/mol. The SMILES string of the molecule is CCC=CC#CC(C)=O. The Balaban J connectivity index is 3.62. The fourth-order valence-corrected chi connectivity index (χ4v) is 0.320. The van der Waals surface area contributed by atoms with Crippen molar-refractivity contribution in [1.29, 1.82) is 0 Å². The molecule has 0 aliphatic heterocycles. The highest BCUT2D eigenvalue weighted by atomic mass is 16.1. The largest absolute Gasteiger partial charge is 0.285 e. The highest BCUT2D eigenvalue weighted by Crippen LogP contribution is 1.75. The fraction of sp³-hybridized carbons (Fsp3) is 0.375. The van der Waals surface area contributed by atoms with Gasteiger partial charge >= 0.3 is 0 Å². The van der Waals surface area contributed by atoms with Crippen molar-refractivity contribution >= 4 is 5.78 Å². The van der Waals surface area contributed by atoms with Gasteiger partial charge in [0, 0.05) is 6.92 Å². The zero-order valence-corrected chi connectivity index (χ0v) is 5.77. The van der Waals surface area contributed by atoms with E-state index in [0.29, 0.717) is 0 Å². The number of hydrogen-bond acceptors (Lipinski definition) is 1. The standard InChI is InChI=1S/C8H10O/c1-3-4-5-6-7-8(2)9/h4-5H,3H2,1-2H3. The van der Waals surface area contributed by atoms with E-state index in [9.17, 15) is 4.79 Å². The summed E-state index contributed by atoms with van der Waals surface area (Å²) >= 11 is 0. The summed E-state index contributed by atoms with van der Waals surface area (Å²) in [6.45, 7) is 3.47. The highest BCUT2D eigenvalue weighted by Gasteiger charge is 1.74. The molecule has 1 heteroatoms. The van der Waals surface area contributed by atoms with Crippen molar-refractivity contribution in [3.05, 3.63) is 12.2 Å². The van der Waals surface area contributed by atoms with Crippen molar-refractivity contribution in [2.75, 3.05) is 0 Å². The van der Waals surface area contributed by atoms with E-state index in [1.165, 1.54) is 6.92 Å². The minimum absolute atomic E-state index is 0.0873. The molecule has 0 radical (unpaired) electrons. The first-order valence-electron chi connectivity index (χ1n) is 2.94. The minimum atomic E-state index is -0.0873. The minimum Gasteiger partial charge on any atom is -0.285 e. The van der Waals surface area contributed by atoms with Crippen molar-refractivity contribution < 1.29 is 4.79 Å². The third kappa shape index (κ3) is 6.97. The Morgan fingerprint density at radius 3 is 2.78 bits per heavy atom. The molecule has 0 saturated carbocycles. The van der Waals surface area contributed by atoms with E-state index >= 15 is 0 Å². The molecule has 0 spiro atoms. The normalized spacial score (nSPS) is 8.67. The van der Waals surface area contributed by atoms with Crippen LogP contribution in [-0.2, 0) is 4.79 Å². The number of rotatable bonds is 1. The molecule has 0 aliphatic carbocycles. The smallest absolute Gasteiger partial charge is 0.202 e. The van der Waals surface area contributed by atoms with E-state index in [0.717, 1.165) is 6.42 Å². The lowest BCUT2D eigenvalue weighted by Crippen LogP contribution is -1.78. The first-order chi connectivity index (χ1) is 4.27. The van der Waals surface area contributed by atoms with Gasteiger partial charge in [0.1, 0.15) is 0 Å². The van der Waals surface area contributed by atoms with Crippen molar-refractivity contribution in [2.45, 2.75) is 20.3 Å². The molecule has 0 unspecified atom stereocenters. The Kier molecular flexibility index (Phi) is 4.53. The molecule has 0 bridgehead atoms. The lowest BCUT2D eigenvalue weighted by Gasteiger charge is -1.69. The van der Waals surface area contributed by atoms with E-state index in [1.54, 1.807) is 6.08 Å². The molecule has 0 saturated heterocycles. The Bertz CT molecular complexity index is 167. The van der Waals surface area contributed by atoms with Crippen molar-refractivity contribution in [2.24, 2.45) is 0 Å². The number of ketones is 1. The quantitative estimate of drug-likeness (QED) is 0.381. The van der Waals surface area contributed by atoms with Crippen LogP contribution in [0.3, 0.4) is 0 Å². The molecule has 0 aliphatic rings. The van der Waals surface area contributed by atoms with E-state index in [2.05, 4.69) is 11.8 Å². The van der Waals surface area contributed by atoms with E-state index in [-0.39, 0.29) is 5.78 Å². The van der Waals surface area contributed by atoms with Gasteiger partial charge in [-0.15, -0.1) is 0 Å². The zero-order chi connectivity index (χ0) is 7.11. The first kappa shape index (κ1) is 7.97. The van der Waals surface area contributed by atoms with E-state index in [1.807, 2.05) is 13.0 Å². The van der Waals surface area contributed by atoms with Gasteiger partial charge in [-0.1, -0.05) is 18.9 Å². The number of allylic oxidation sites excluding steroid dienone is 2. The molecule has 9 heavy (non-hydrogen) atoms. The predicted octanol–water partition coefficient (Wildman–Crippen LogP) is 1.55. The van der Waals surface area contributed by atoms with Crippen LogP contribution in [0.15, 0.2) is 12.2 Å². The Hall–Kier alpha value is -1.03. The van der Waals surface area contributed by atoms with Crippen LogP contribution in [0.5, 0.6) is 0 Å². The molecule has 0 rings (SSSR count). The Labute approximate surface area is 55.8 Å². The summed E-state index contributed by atoms with van der Waals surface area (Å²) in [5, 5.41) is 0. The first-order valence-corrected chi connectivity index (χ1v) is 2.94. The molecule has 0 fully saturated rings. The molecule has 0 aromatic heterocycles. The summed E-state index contributed by atoms with van der Waals surface area (Å²) < 4.78 is 0. The number of carbonyl (C=O) groups is 1. The highest BCUT2D eigenvalue weighted by molar-refractivity contribution is 5.93. The van der Waals surface area contributed by atoms with E-state index < -0.39 is 0 Å². The van der Waals surface area contributed by atoms with Crippen LogP contribution < -0.4 is 0 Å². The molecule has 0 aromatic carbocycles. The summed E-state index contributed by atoms with van der Waals surface area (Å²) in [6.07, 6.45) is 4.57. The molecular formula is C8H10O. The summed E-state index contributed by atoms with van der Waals surface area (Å²) in [7, 11) is 0. The monoisotopic (exact) mass is 122 g/mol. The van der Waals surface area contributed by atoms with Gasteiger partial charge in [-0.3, -0.25) is 4.79 Å². The lowest BCUT2D eigenvalue weighted by atomic mass is 10.4. The molecule has 48 valence electrons. The van der Waals surface area contributed by atoms with Gasteiger partial charge in [0.05, 0.1) is 0 Å². The van der Waals surface area contributed by atoms with Crippen LogP contribution in [0.4, 0.5) is 0 Å². The van der Waals surface area contributed by atoms with Crippen LogP contribution in [0.2, 0.25) is 0 Å². The molecule has 0 heterocycles. The summed E-state index contributed by atoms with van der Waals surface area (Å²) in [5.41, 5.74) is 0. The average Bonchev–Trinajstić information content (AvgIpc) is 1.80. The summed E-state index contributed by atoms with van der Waals surface area (Å²) in [5.74, 6) is 4.92. The van der Waals surface area contributed by atoms with Crippen LogP contribution >= 0.6 is 0 Å². The predicted molar refractivity (Wildman–Crippen MR) is 37.9 cm³/mol. The number of carbonyl (C=O) groups excluding carboxylic acids is 1. The summed E-state index contributed by atoms with van der Waals surface area (Å²) in [6, 6.07) is 0. The van der Waals surface area contributed by atoms with Gasteiger partial charge < -0.3 is 0 Å². The number of Topliss-reactive ketones (excluding diaryl/α,β-unsaturated/α-hetero) is 1. The maximum atomic E-state index is 10.2. The zero-order valence-electron chi connectivity index (χ0n) is 5.77. The maximum Gasteiger partial charge on any atom is 0.202 e. The maximum absolute atomic E-state index is 10.2. The van der Waals surface area contributed by atoms with Crippen molar-refractivity contribution in [3.63, 3.8) is 0 Å². The van der Waals surface area contributed by atoms with Crippen LogP contribution in [0, 0.1) is 11.8 Å². The van der Waals surface area contributed by atoms with Gasteiger partial charge in [0.25, 0.3) is 0 Å². The van der Waals surface area contributed by atoms with Gasteiger partial charge in [0.15, 0.2) is 0 Å². The second-order valence-electron chi connectivity index (χ2n) is 1.64. The van der Waals surface area contributed by atoms with Crippen LogP contribution in [0.25, 0.3) is 0 Å². The van der Waals surface area contributed by atoms with Crippen LogP contribution in [0.1, 0.15) is 20.3 Å². The second-order valence-corrected chi connectivity index (χ2v) is 1.64. The van der Waals surface area contributed by atoms with Gasteiger partial charge in [0.2, 0.25) is 5.78 Å². The van der Waals surface area contributed by atoms with Gasteiger partial charge in [-0.05, 0) is 18.4 Å². The van der Waals surface area contributed by atoms with Crippen molar-refractivity contribution in [1.82, 2.24) is 0 Å². The topological polar surface area (TPSA) is 17.1 Å². The molecular weight excluding hydrogens is 112 g/mol. The molecule has 1 nitrogen and oxygen atoms in total. The number of hydrogen-bond donors (Lipinski definition) is 0.